The van der Waals surface area contributed by atoms with Gasteiger partial charge in [-0.1, -0.05) is 18.2 Å². The number of aryl methyl sites for hydroxylation is 1. The molecule has 0 saturated carbocycles. The van der Waals surface area contributed by atoms with Crippen LogP contribution in [-0.2, 0) is 20.1 Å². The molecule has 0 saturated heterocycles. The summed E-state index contributed by atoms with van der Waals surface area (Å²) in [4.78, 5) is 30.5. The summed E-state index contributed by atoms with van der Waals surface area (Å²) in [5, 5.41) is 18.3. The van der Waals surface area contributed by atoms with Crippen molar-refractivity contribution >= 4 is 11.2 Å². The summed E-state index contributed by atoms with van der Waals surface area (Å²) in [7, 11) is 1.53. The summed E-state index contributed by atoms with van der Waals surface area (Å²) in [6.45, 7) is 0.173. The van der Waals surface area contributed by atoms with E-state index in [1.54, 1.807) is 41.0 Å². The second kappa shape index (κ2) is 8.80. The molecule has 9 nitrogen and oxygen atoms in total. The van der Waals surface area contributed by atoms with E-state index in [2.05, 4.69) is 23.2 Å². The number of benzene rings is 1. The van der Waals surface area contributed by atoms with Crippen LogP contribution in [-0.4, -0.2) is 30.4 Å². The number of nitriles is 1. The number of imidazole rings is 1. The monoisotopic (exact) mass is 429 g/mol. The van der Waals surface area contributed by atoms with Gasteiger partial charge in [0.25, 0.3) is 5.56 Å². The van der Waals surface area contributed by atoms with Crippen molar-refractivity contribution in [1.82, 2.24) is 18.7 Å². The summed E-state index contributed by atoms with van der Waals surface area (Å²) < 4.78 is 9.92. The quantitative estimate of drug-likeness (QED) is 0.477. The van der Waals surface area contributed by atoms with Gasteiger partial charge in [-0.25, -0.2) is 4.79 Å². The number of aliphatic hydroxyl groups is 1. The van der Waals surface area contributed by atoms with Gasteiger partial charge in [0.1, 0.15) is 5.75 Å². The minimum atomic E-state index is -0.527. The number of fused-ring (bicyclic) bond motifs is 1. The van der Waals surface area contributed by atoms with Crippen LogP contribution < -0.4 is 16.0 Å². The highest BCUT2D eigenvalue weighted by Gasteiger charge is 2.22. The Bertz CT molecular complexity index is 1430. The molecule has 9 heteroatoms. The molecule has 0 radical (unpaired) electrons. The Morgan fingerprint density at radius 3 is 2.78 bits per heavy atom. The van der Waals surface area contributed by atoms with Crippen LogP contribution in [0.15, 0.2) is 52.1 Å². The Labute approximate surface area is 183 Å². The van der Waals surface area contributed by atoms with Crippen LogP contribution in [0.1, 0.15) is 17.5 Å². The highest BCUT2D eigenvalue weighted by Crippen LogP contribution is 2.25. The fourth-order valence-corrected chi connectivity index (χ4v) is 3.40. The fraction of sp³-hybridized carbons (Fsp3) is 0.217. The molecule has 2 aromatic carbocycles. The zero-order chi connectivity index (χ0) is 22.7. The molecular weight excluding hydrogens is 410 g/mol. The van der Waals surface area contributed by atoms with Crippen LogP contribution in [0.4, 0.5) is 0 Å². The number of ether oxygens (including phenoxy) is 1. The topological polar surface area (TPSA) is 115 Å². The minimum absolute atomic E-state index is 0.0810. The molecule has 4 rings (SSSR count). The highest BCUT2D eigenvalue weighted by molar-refractivity contribution is 5.72. The van der Waals surface area contributed by atoms with Crippen LogP contribution in [0.25, 0.3) is 11.2 Å². The molecule has 0 spiro atoms. The van der Waals surface area contributed by atoms with Gasteiger partial charge in [0.15, 0.2) is 11.2 Å². The molecular formula is C23H19N5O4. The molecule has 0 aliphatic heterocycles. The summed E-state index contributed by atoms with van der Waals surface area (Å²) in [5.41, 5.74) is 0.575. The highest BCUT2D eigenvalue weighted by atomic mass is 16.5. The van der Waals surface area contributed by atoms with Crippen LogP contribution in [0.2, 0.25) is 0 Å². The van der Waals surface area contributed by atoms with Gasteiger partial charge in [0, 0.05) is 20.2 Å². The minimum Gasteiger partial charge on any atom is -0.425 e. The Kier molecular flexibility index (Phi) is 5.75. The Morgan fingerprint density at radius 2 is 2.06 bits per heavy atom. The molecule has 160 valence electrons. The number of hydrogen-bond donors (Lipinski definition) is 1. The molecule has 0 aliphatic rings. The van der Waals surface area contributed by atoms with E-state index in [1.807, 2.05) is 6.07 Å². The first-order valence-electron chi connectivity index (χ1n) is 9.89. The zero-order valence-electron chi connectivity index (χ0n) is 17.3. The van der Waals surface area contributed by atoms with E-state index in [9.17, 15) is 9.59 Å². The third-order valence-corrected chi connectivity index (χ3v) is 4.97. The van der Waals surface area contributed by atoms with E-state index in [0.717, 1.165) is 10.1 Å². The van der Waals surface area contributed by atoms with Crippen molar-refractivity contribution in [3.05, 3.63) is 86.6 Å². The van der Waals surface area contributed by atoms with E-state index < -0.39 is 11.2 Å². The first kappa shape index (κ1) is 20.9. The molecule has 0 unspecified atom stereocenters. The lowest BCUT2D eigenvalue weighted by atomic mass is 10.2. The molecule has 4 aromatic rings. The predicted molar refractivity (Wildman–Crippen MR) is 115 cm³/mol. The van der Waals surface area contributed by atoms with E-state index in [0.29, 0.717) is 11.3 Å². The standard InChI is InChI=1S/C23H19N5O4/c1-26-20-19(21(30)27(23(26)31)11-6-12-29)28(15-16-7-3-2-4-8-16)22(25-20)32-18-10-5-9-17(13-18)14-24/h3,5,7-10,13,29H,6,11-12,15H2,1H3. The summed E-state index contributed by atoms with van der Waals surface area (Å²) in [5.74, 6) is 0.374. The van der Waals surface area contributed by atoms with Crippen molar-refractivity contribution in [2.45, 2.75) is 19.5 Å². The zero-order valence-corrected chi connectivity index (χ0v) is 17.3. The SMILES string of the molecule is Cn1c(=O)n(CCCO)c(=O)c2c1nc(Oc1cccc(C#N)c1)n2Cc1cc#ccc1. The van der Waals surface area contributed by atoms with Crippen molar-refractivity contribution in [2.75, 3.05) is 6.61 Å². The van der Waals surface area contributed by atoms with E-state index in [4.69, 9.17) is 15.1 Å². The molecule has 2 heterocycles. The third-order valence-electron chi connectivity index (χ3n) is 4.97. The van der Waals surface area contributed by atoms with Crippen molar-refractivity contribution in [3.63, 3.8) is 0 Å². The number of hydrogen-bond acceptors (Lipinski definition) is 6. The molecule has 0 bridgehead atoms. The van der Waals surface area contributed by atoms with Gasteiger partial charge in [0.05, 0.1) is 18.2 Å². The first-order valence-corrected chi connectivity index (χ1v) is 9.89. The lowest BCUT2D eigenvalue weighted by Crippen LogP contribution is -2.39. The number of rotatable bonds is 7. The molecule has 2 aromatic heterocycles. The van der Waals surface area contributed by atoms with Gasteiger partial charge in [0.2, 0.25) is 0 Å². The van der Waals surface area contributed by atoms with E-state index in [1.165, 1.54) is 11.6 Å². The van der Waals surface area contributed by atoms with Crippen LogP contribution in [0.5, 0.6) is 11.8 Å². The predicted octanol–water partition coefficient (Wildman–Crippen LogP) is 1.59. The Hall–Kier alpha value is -4.34. The number of nitrogens with zero attached hydrogens (tertiary/aromatic N) is 5. The second-order valence-corrected chi connectivity index (χ2v) is 7.11. The van der Waals surface area contributed by atoms with E-state index >= 15 is 0 Å². The maximum atomic E-state index is 13.3. The van der Waals surface area contributed by atoms with Crippen LogP contribution in [0.3, 0.4) is 0 Å². The first-order chi connectivity index (χ1) is 15.5. The average Bonchev–Trinajstić information content (AvgIpc) is 3.16. The summed E-state index contributed by atoms with van der Waals surface area (Å²) in [6.07, 6.45) is 0.266. The van der Waals surface area contributed by atoms with Gasteiger partial charge in [-0.3, -0.25) is 18.5 Å². The Balaban J connectivity index is 1.94. The van der Waals surface area contributed by atoms with Crippen LogP contribution >= 0.6 is 0 Å². The summed E-state index contributed by atoms with van der Waals surface area (Å²) >= 11 is 0. The van der Waals surface area contributed by atoms with Gasteiger partial charge in [-0.05, 0) is 48.4 Å². The largest absolute Gasteiger partial charge is 0.425 e. The lowest BCUT2D eigenvalue weighted by molar-refractivity contribution is 0.277. The Morgan fingerprint density at radius 1 is 1.22 bits per heavy atom. The fourth-order valence-electron chi connectivity index (χ4n) is 3.40. The van der Waals surface area contributed by atoms with Crippen molar-refractivity contribution in [3.8, 4) is 17.8 Å². The molecule has 32 heavy (non-hydrogen) atoms. The lowest BCUT2D eigenvalue weighted by Gasteiger charge is -2.11. The van der Waals surface area contributed by atoms with Gasteiger partial charge < -0.3 is 9.84 Å². The van der Waals surface area contributed by atoms with Crippen LogP contribution in [0, 0.1) is 23.5 Å². The molecule has 1 N–H and O–H groups in total. The maximum absolute atomic E-state index is 13.3. The maximum Gasteiger partial charge on any atom is 0.332 e. The van der Waals surface area contributed by atoms with E-state index in [-0.39, 0.29) is 43.3 Å². The molecule has 0 amide bonds. The summed E-state index contributed by atoms with van der Waals surface area (Å²) in [6, 6.07) is 19.7. The van der Waals surface area contributed by atoms with Crippen molar-refractivity contribution in [1.29, 1.82) is 5.26 Å². The number of aromatic nitrogens is 4. The molecule has 0 fully saturated rings. The van der Waals surface area contributed by atoms with Gasteiger partial charge in [-0.2, -0.15) is 10.2 Å². The molecule has 0 aliphatic carbocycles. The average molecular weight is 429 g/mol. The second-order valence-electron chi connectivity index (χ2n) is 7.11. The van der Waals surface area contributed by atoms with Crippen molar-refractivity contribution in [2.24, 2.45) is 7.05 Å². The normalized spacial score (nSPS) is 10.7. The molecule has 0 atom stereocenters. The smallest absolute Gasteiger partial charge is 0.332 e. The van der Waals surface area contributed by atoms with Gasteiger partial charge >= 0.3 is 11.7 Å². The number of aliphatic hydroxyl groups excluding tert-OH is 1. The third kappa shape index (κ3) is 3.85. The van der Waals surface area contributed by atoms with Gasteiger partial charge in [-0.15, -0.1) is 0 Å². The van der Waals surface area contributed by atoms with Crippen molar-refractivity contribution < 1.29 is 9.84 Å².